The number of aryl methyl sites for hydroxylation is 1. The quantitative estimate of drug-likeness (QED) is 0.780. The van der Waals surface area contributed by atoms with E-state index in [0.717, 1.165) is 49.1 Å². The molecule has 4 rings (SSSR count). The molecule has 1 fully saturated rings. The van der Waals surface area contributed by atoms with Gasteiger partial charge < -0.3 is 19.8 Å². The van der Waals surface area contributed by atoms with E-state index in [1.807, 2.05) is 12.3 Å². The maximum atomic E-state index is 5.70. The number of piperidine rings is 1. The Kier molecular flexibility index (Phi) is 5.82. The summed E-state index contributed by atoms with van der Waals surface area (Å²) in [6.07, 6.45) is 7.84. The van der Waals surface area contributed by atoms with Gasteiger partial charge in [0, 0.05) is 49.2 Å². The van der Waals surface area contributed by atoms with Gasteiger partial charge in [0.2, 0.25) is 0 Å². The number of benzene rings is 1. The highest BCUT2D eigenvalue weighted by molar-refractivity contribution is 5.55. The number of anilines is 1. The van der Waals surface area contributed by atoms with Crippen molar-refractivity contribution in [3.05, 3.63) is 35.9 Å². The average molecular weight is 370 g/mol. The van der Waals surface area contributed by atoms with Crippen LogP contribution in [0.2, 0.25) is 0 Å². The van der Waals surface area contributed by atoms with E-state index >= 15 is 0 Å². The highest BCUT2D eigenvalue weighted by Crippen LogP contribution is 2.33. The molecule has 1 aromatic heterocycles. The summed E-state index contributed by atoms with van der Waals surface area (Å²) in [5, 5.41) is 3.68. The Morgan fingerprint density at radius 1 is 1.26 bits per heavy atom. The summed E-state index contributed by atoms with van der Waals surface area (Å²) in [6.45, 7) is 6.59. The fourth-order valence-corrected chi connectivity index (χ4v) is 3.88. The second kappa shape index (κ2) is 8.65. The van der Waals surface area contributed by atoms with Gasteiger partial charge in [0.05, 0.1) is 0 Å². The smallest absolute Gasteiger partial charge is 0.163 e. The van der Waals surface area contributed by atoms with E-state index in [-0.39, 0.29) is 0 Å². The van der Waals surface area contributed by atoms with Crippen LogP contribution in [0.15, 0.2) is 24.4 Å². The molecule has 0 radical (unpaired) electrons. The highest BCUT2D eigenvalue weighted by Gasteiger charge is 2.21. The Bertz CT molecular complexity index is 746. The van der Waals surface area contributed by atoms with Crippen LogP contribution >= 0.6 is 0 Å². The van der Waals surface area contributed by atoms with Gasteiger partial charge in [-0.1, -0.05) is 13.3 Å². The molecule has 6 nitrogen and oxygen atoms in total. The van der Waals surface area contributed by atoms with E-state index < -0.39 is 0 Å². The minimum atomic E-state index is 0.448. The first-order valence-electron chi connectivity index (χ1n) is 10.2. The number of fused-ring (bicyclic) bond motifs is 1. The lowest BCUT2D eigenvalue weighted by atomic mass is 10.0. The molecule has 0 aliphatic carbocycles. The van der Waals surface area contributed by atoms with Crippen molar-refractivity contribution in [3.63, 3.8) is 0 Å². The summed E-state index contributed by atoms with van der Waals surface area (Å²) >= 11 is 0. The number of aromatic nitrogens is 2. The van der Waals surface area contributed by atoms with Gasteiger partial charge in [-0.05, 0) is 37.9 Å². The monoisotopic (exact) mass is 370 g/mol. The van der Waals surface area contributed by atoms with E-state index in [4.69, 9.17) is 9.47 Å². The predicted molar refractivity (Wildman–Crippen MR) is 107 cm³/mol. The van der Waals surface area contributed by atoms with Crippen LogP contribution < -0.4 is 14.8 Å². The number of ether oxygens (including phenoxy) is 2. The zero-order chi connectivity index (χ0) is 18.5. The topological polar surface area (TPSA) is 62.4 Å². The van der Waals surface area contributed by atoms with Crippen molar-refractivity contribution in [2.24, 2.45) is 0 Å². The highest BCUT2D eigenvalue weighted by atomic mass is 16.6. The Labute approximate surface area is 161 Å². The molecule has 146 valence electrons. The van der Waals surface area contributed by atoms with E-state index in [1.165, 1.54) is 31.4 Å². The molecular formula is C21H30N4O2. The summed E-state index contributed by atoms with van der Waals surface area (Å²) in [5.74, 6) is 2.81. The summed E-state index contributed by atoms with van der Waals surface area (Å²) in [4.78, 5) is 10.5. The molecule has 27 heavy (non-hydrogen) atoms. The lowest BCUT2D eigenvalue weighted by Crippen LogP contribution is -2.41. The van der Waals surface area contributed by atoms with E-state index in [1.54, 1.807) is 0 Å². The minimum absolute atomic E-state index is 0.448. The number of rotatable bonds is 7. The molecule has 1 saturated heterocycles. The van der Waals surface area contributed by atoms with Crippen molar-refractivity contribution in [2.45, 2.75) is 51.6 Å². The third-order valence-electron chi connectivity index (χ3n) is 5.26. The van der Waals surface area contributed by atoms with Crippen LogP contribution in [0.25, 0.3) is 0 Å². The van der Waals surface area contributed by atoms with Crippen molar-refractivity contribution >= 4 is 5.69 Å². The van der Waals surface area contributed by atoms with Gasteiger partial charge in [-0.15, -0.1) is 0 Å². The molecule has 1 aromatic carbocycles. The van der Waals surface area contributed by atoms with Gasteiger partial charge in [0.15, 0.2) is 11.5 Å². The fraction of sp³-hybridized carbons (Fsp3) is 0.571. The third kappa shape index (κ3) is 4.75. The zero-order valence-electron chi connectivity index (χ0n) is 16.2. The molecule has 2 aromatic rings. The van der Waals surface area contributed by atoms with Crippen LogP contribution in [0.3, 0.4) is 0 Å². The second-order valence-corrected chi connectivity index (χ2v) is 7.54. The molecule has 0 saturated carbocycles. The molecule has 0 bridgehead atoms. The fourth-order valence-electron chi connectivity index (χ4n) is 3.88. The van der Waals surface area contributed by atoms with Crippen LogP contribution in [0, 0.1) is 0 Å². The Balaban J connectivity index is 1.32. The Morgan fingerprint density at radius 2 is 2.15 bits per heavy atom. The number of nitrogens with one attached hydrogen (secondary N) is 2. The van der Waals surface area contributed by atoms with Crippen LogP contribution in [-0.2, 0) is 13.0 Å². The maximum Gasteiger partial charge on any atom is 0.163 e. The molecule has 0 unspecified atom stereocenters. The number of likely N-dealkylation sites (tertiary alicyclic amines) is 1. The summed E-state index contributed by atoms with van der Waals surface area (Å²) in [5.41, 5.74) is 2.33. The number of nitrogens with zero attached hydrogens (tertiary/aromatic N) is 2. The SMILES string of the molecule is CCCCc1ncc(CN2CCC[C@H](Nc3ccc4c(c3)OCCO4)C2)[nH]1. The van der Waals surface area contributed by atoms with E-state index in [2.05, 4.69) is 39.2 Å². The van der Waals surface area contributed by atoms with Crippen LogP contribution in [0.4, 0.5) is 5.69 Å². The number of H-pyrrole nitrogens is 1. The number of unbranched alkanes of at least 4 members (excludes halogenated alkanes) is 1. The van der Waals surface area contributed by atoms with Crippen molar-refractivity contribution in [2.75, 3.05) is 31.6 Å². The van der Waals surface area contributed by atoms with Crippen molar-refractivity contribution in [1.82, 2.24) is 14.9 Å². The zero-order valence-corrected chi connectivity index (χ0v) is 16.2. The van der Waals surface area contributed by atoms with E-state index in [0.29, 0.717) is 19.3 Å². The van der Waals surface area contributed by atoms with Gasteiger partial charge >= 0.3 is 0 Å². The summed E-state index contributed by atoms with van der Waals surface area (Å²) in [7, 11) is 0. The van der Waals surface area contributed by atoms with Crippen molar-refractivity contribution in [3.8, 4) is 11.5 Å². The molecule has 2 N–H and O–H groups in total. The number of imidazole rings is 1. The number of hydrogen-bond acceptors (Lipinski definition) is 5. The van der Waals surface area contributed by atoms with Crippen LogP contribution in [-0.4, -0.2) is 47.2 Å². The lowest BCUT2D eigenvalue weighted by Gasteiger charge is -2.33. The van der Waals surface area contributed by atoms with Crippen LogP contribution in [0.5, 0.6) is 11.5 Å². The molecule has 3 heterocycles. The average Bonchev–Trinajstić information content (AvgIpc) is 3.14. The summed E-state index contributed by atoms with van der Waals surface area (Å²) in [6, 6.07) is 6.59. The molecule has 6 heteroatoms. The molecule has 2 aliphatic heterocycles. The minimum Gasteiger partial charge on any atom is -0.486 e. The number of hydrogen-bond donors (Lipinski definition) is 2. The first kappa shape index (κ1) is 18.2. The first-order chi connectivity index (χ1) is 13.3. The first-order valence-corrected chi connectivity index (χ1v) is 10.2. The van der Waals surface area contributed by atoms with Gasteiger partial charge in [-0.25, -0.2) is 4.98 Å². The molecule has 1 atom stereocenters. The molecule has 0 spiro atoms. The lowest BCUT2D eigenvalue weighted by molar-refractivity contribution is 0.171. The molecule has 0 amide bonds. The Morgan fingerprint density at radius 3 is 3.04 bits per heavy atom. The normalized spacial score (nSPS) is 19.8. The van der Waals surface area contributed by atoms with Gasteiger partial charge in [0.25, 0.3) is 0 Å². The molecule has 2 aliphatic rings. The van der Waals surface area contributed by atoms with Gasteiger partial charge in [0.1, 0.15) is 19.0 Å². The summed E-state index contributed by atoms with van der Waals surface area (Å²) < 4.78 is 11.3. The van der Waals surface area contributed by atoms with Crippen LogP contribution in [0.1, 0.15) is 44.1 Å². The second-order valence-electron chi connectivity index (χ2n) is 7.54. The van der Waals surface area contributed by atoms with Crippen molar-refractivity contribution in [1.29, 1.82) is 0 Å². The number of aromatic amines is 1. The van der Waals surface area contributed by atoms with Crippen molar-refractivity contribution < 1.29 is 9.47 Å². The molecular weight excluding hydrogens is 340 g/mol. The standard InChI is InChI=1S/C21H30N4O2/c1-2-3-6-21-22-13-18(24-21)15-25-9-4-5-17(14-25)23-16-7-8-19-20(12-16)27-11-10-26-19/h7-8,12-13,17,23H,2-6,9-11,14-15H2,1H3,(H,22,24)/t17-/m0/s1. The predicted octanol–water partition coefficient (Wildman–Crippen LogP) is 3.60. The van der Waals surface area contributed by atoms with E-state index in [9.17, 15) is 0 Å². The maximum absolute atomic E-state index is 5.70. The van der Waals surface area contributed by atoms with Gasteiger partial charge in [-0.2, -0.15) is 0 Å². The Hall–Kier alpha value is -2.21. The third-order valence-corrected chi connectivity index (χ3v) is 5.26. The van der Waals surface area contributed by atoms with Gasteiger partial charge in [-0.3, -0.25) is 4.90 Å². The largest absolute Gasteiger partial charge is 0.486 e.